The molecule has 1 aliphatic heterocycles. The lowest BCUT2D eigenvalue weighted by Crippen LogP contribution is -2.57. The van der Waals surface area contributed by atoms with E-state index in [0.29, 0.717) is 12.4 Å². The molecular weight excluding hydrogens is 480 g/mol. The van der Waals surface area contributed by atoms with Crippen LogP contribution < -0.4 is 15.4 Å². The van der Waals surface area contributed by atoms with Crippen LogP contribution in [0.15, 0.2) is 23.7 Å². The Kier molecular flexibility index (Phi) is 8.73. The molecule has 9 nitrogen and oxygen atoms in total. The monoisotopic (exact) mass is 516 g/mol. The Bertz CT molecular complexity index is 1110. The summed E-state index contributed by atoms with van der Waals surface area (Å²) < 4.78 is 5.84. The fourth-order valence-corrected chi connectivity index (χ4v) is 5.14. The van der Waals surface area contributed by atoms with E-state index in [-0.39, 0.29) is 37.2 Å². The highest BCUT2D eigenvalue weighted by molar-refractivity contribution is 7.13. The maximum Gasteiger partial charge on any atom is 0.246 e. The van der Waals surface area contributed by atoms with Gasteiger partial charge in [0.2, 0.25) is 17.7 Å². The van der Waals surface area contributed by atoms with Gasteiger partial charge in [0.05, 0.1) is 28.8 Å². The third-order valence-corrected chi connectivity index (χ3v) is 7.13. The van der Waals surface area contributed by atoms with Gasteiger partial charge in [0.15, 0.2) is 0 Å². The van der Waals surface area contributed by atoms with Gasteiger partial charge >= 0.3 is 0 Å². The number of aryl methyl sites for hydroxylation is 1. The minimum Gasteiger partial charge on any atom is -0.494 e. The quantitative estimate of drug-likeness (QED) is 0.496. The summed E-state index contributed by atoms with van der Waals surface area (Å²) in [5.41, 5.74) is 3.98. The summed E-state index contributed by atoms with van der Waals surface area (Å²) in [5.74, 6) is -0.403. The first-order valence-corrected chi connectivity index (χ1v) is 13.0. The summed E-state index contributed by atoms with van der Waals surface area (Å²) in [6, 6.07) is 4.19. The molecule has 3 amide bonds. The van der Waals surface area contributed by atoms with Crippen molar-refractivity contribution in [1.29, 1.82) is 0 Å². The van der Waals surface area contributed by atoms with Crippen LogP contribution in [0.2, 0.25) is 0 Å². The van der Waals surface area contributed by atoms with Crippen molar-refractivity contribution in [3.05, 3.63) is 35.0 Å². The maximum atomic E-state index is 13.4. The number of benzene rings is 1. The second kappa shape index (κ2) is 11.4. The first-order valence-electron chi connectivity index (χ1n) is 12.1. The van der Waals surface area contributed by atoms with E-state index in [1.165, 1.54) is 11.8 Å². The molecule has 0 saturated carbocycles. The molecule has 1 fully saturated rings. The molecule has 2 aromatic rings. The number of hydrogen-bond donors (Lipinski definition) is 3. The molecule has 0 bridgehead atoms. The van der Waals surface area contributed by atoms with Gasteiger partial charge in [-0.15, -0.1) is 11.3 Å². The van der Waals surface area contributed by atoms with Gasteiger partial charge in [0.1, 0.15) is 17.8 Å². The van der Waals surface area contributed by atoms with Gasteiger partial charge in [-0.05, 0) is 30.9 Å². The van der Waals surface area contributed by atoms with E-state index in [2.05, 4.69) is 15.6 Å². The molecule has 1 aromatic heterocycles. The Morgan fingerprint density at radius 3 is 2.61 bits per heavy atom. The molecule has 0 spiro atoms. The topological polar surface area (TPSA) is 121 Å². The summed E-state index contributed by atoms with van der Waals surface area (Å²) in [6.45, 7) is 11.5. The molecule has 1 saturated heterocycles. The fraction of sp³-hybridized carbons (Fsp3) is 0.538. The zero-order chi connectivity index (χ0) is 26.6. The first kappa shape index (κ1) is 27.6. The van der Waals surface area contributed by atoms with Crippen molar-refractivity contribution in [1.82, 2.24) is 20.5 Å². The summed E-state index contributed by atoms with van der Waals surface area (Å²) >= 11 is 1.56. The van der Waals surface area contributed by atoms with Crippen LogP contribution in [0, 0.1) is 12.3 Å². The molecule has 3 N–H and O–H groups in total. The van der Waals surface area contributed by atoms with Crippen LogP contribution in [0.1, 0.15) is 52.3 Å². The van der Waals surface area contributed by atoms with Gasteiger partial charge in [-0.3, -0.25) is 14.4 Å². The van der Waals surface area contributed by atoms with Crippen molar-refractivity contribution >= 4 is 29.1 Å². The zero-order valence-corrected chi connectivity index (χ0v) is 22.6. The molecule has 3 atom stereocenters. The van der Waals surface area contributed by atoms with Crippen LogP contribution >= 0.6 is 11.3 Å². The number of carbonyl (C=O) groups excluding carboxylic acids is 3. The molecule has 2 heterocycles. The number of nitrogens with one attached hydrogen (secondary N) is 2. The standard InChI is InChI=1S/C26H36N4O5S/c1-7-35-21-10-17(22-15(2)28-14-36-22)8-9-18(21)12-27-24(33)20-11-19(32)13-30(20)25(34)23(26(4,5)6)29-16(3)31/h8-10,14,19-20,23,32H,7,11-13H2,1-6H3,(H,27,33)(H,29,31)/t19-,20+,23-/m1/s1. The average Bonchev–Trinajstić information content (AvgIpc) is 3.40. The molecule has 3 rings (SSSR count). The number of ether oxygens (including phenoxy) is 1. The Morgan fingerprint density at radius 2 is 2.03 bits per heavy atom. The molecule has 0 radical (unpaired) electrons. The average molecular weight is 517 g/mol. The number of nitrogens with zero attached hydrogens (tertiary/aromatic N) is 2. The maximum absolute atomic E-state index is 13.4. The SMILES string of the molecule is CCOc1cc(-c2scnc2C)ccc1CNC(=O)[C@@H]1C[C@@H](O)CN1C(=O)[C@@H](NC(C)=O)C(C)(C)C. The Morgan fingerprint density at radius 1 is 1.31 bits per heavy atom. The number of rotatable bonds is 8. The predicted octanol–water partition coefficient (Wildman–Crippen LogP) is 2.65. The second-order valence-corrected chi connectivity index (χ2v) is 11.0. The van der Waals surface area contributed by atoms with Gasteiger partial charge < -0.3 is 25.4 Å². The number of aliphatic hydroxyl groups is 1. The van der Waals surface area contributed by atoms with Crippen molar-refractivity contribution in [2.75, 3.05) is 13.2 Å². The Hall–Kier alpha value is -2.98. The highest BCUT2D eigenvalue weighted by atomic mass is 32.1. The number of β-amino-alcohol motifs (C(OH)–C–C–N with tert-alkyl or cyclic N) is 1. The molecule has 1 aliphatic rings. The second-order valence-electron chi connectivity index (χ2n) is 10.1. The van der Waals surface area contributed by atoms with E-state index >= 15 is 0 Å². The lowest BCUT2D eigenvalue weighted by molar-refractivity contribution is -0.143. The van der Waals surface area contributed by atoms with Crippen LogP contribution in [0.3, 0.4) is 0 Å². The van der Waals surface area contributed by atoms with E-state index in [1.807, 2.05) is 52.8 Å². The third-order valence-electron chi connectivity index (χ3n) is 6.15. The van der Waals surface area contributed by atoms with Gasteiger partial charge in [-0.2, -0.15) is 0 Å². The molecule has 196 valence electrons. The summed E-state index contributed by atoms with van der Waals surface area (Å²) in [7, 11) is 0. The van der Waals surface area contributed by atoms with Crippen molar-refractivity contribution < 1.29 is 24.2 Å². The zero-order valence-electron chi connectivity index (χ0n) is 21.8. The van der Waals surface area contributed by atoms with Crippen molar-refractivity contribution in [3.63, 3.8) is 0 Å². The van der Waals surface area contributed by atoms with E-state index in [9.17, 15) is 19.5 Å². The number of likely N-dealkylation sites (tertiary alicyclic amines) is 1. The number of hydrogen-bond acceptors (Lipinski definition) is 7. The normalized spacial score (nSPS) is 18.6. The molecule has 1 aromatic carbocycles. The molecule has 10 heteroatoms. The number of thiazole rings is 1. The van der Waals surface area contributed by atoms with Gasteiger partial charge in [-0.25, -0.2) is 4.98 Å². The van der Waals surface area contributed by atoms with Crippen molar-refractivity contribution in [3.8, 4) is 16.2 Å². The van der Waals surface area contributed by atoms with Crippen LogP contribution in [0.5, 0.6) is 5.75 Å². The van der Waals surface area contributed by atoms with Crippen LogP contribution in [-0.4, -0.2) is 64.1 Å². The van der Waals surface area contributed by atoms with E-state index < -0.39 is 23.6 Å². The minimum atomic E-state index is -0.833. The fourth-order valence-electron chi connectivity index (χ4n) is 4.33. The summed E-state index contributed by atoms with van der Waals surface area (Å²) in [6.07, 6.45) is -0.681. The van der Waals surface area contributed by atoms with Crippen LogP contribution in [0.4, 0.5) is 0 Å². The molecular formula is C26H36N4O5S. The number of carbonyl (C=O) groups is 3. The largest absolute Gasteiger partial charge is 0.494 e. The van der Waals surface area contributed by atoms with Crippen LogP contribution in [0.25, 0.3) is 10.4 Å². The summed E-state index contributed by atoms with van der Waals surface area (Å²) in [5, 5.41) is 15.9. The highest BCUT2D eigenvalue weighted by Crippen LogP contribution is 2.32. The molecule has 0 unspecified atom stereocenters. The van der Waals surface area contributed by atoms with E-state index in [1.54, 1.807) is 16.8 Å². The Labute approximate surface area is 216 Å². The van der Waals surface area contributed by atoms with Gasteiger partial charge in [0, 0.05) is 32.0 Å². The highest BCUT2D eigenvalue weighted by Gasteiger charge is 2.44. The summed E-state index contributed by atoms with van der Waals surface area (Å²) in [4.78, 5) is 45.1. The molecule has 36 heavy (non-hydrogen) atoms. The van der Waals surface area contributed by atoms with E-state index in [0.717, 1.165) is 21.7 Å². The van der Waals surface area contributed by atoms with E-state index in [4.69, 9.17) is 4.74 Å². The Balaban J connectivity index is 1.76. The number of amides is 3. The van der Waals surface area contributed by atoms with Gasteiger partial charge in [0.25, 0.3) is 0 Å². The lowest BCUT2D eigenvalue weighted by Gasteiger charge is -2.35. The van der Waals surface area contributed by atoms with Gasteiger partial charge in [-0.1, -0.05) is 32.9 Å². The lowest BCUT2D eigenvalue weighted by atomic mass is 9.85. The first-order chi connectivity index (χ1) is 16.9. The predicted molar refractivity (Wildman–Crippen MR) is 138 cm³/mol. The van der Waals surface area contributed by atoms with Crippen molar-refractivity contribution in [2.45, 2.75) is 72.7 Å². The molecule has 0 aliphatic carbocycles. The minimum absolute atomic E-state index is 0.0379. The third kappa shape index (κ3) is 6.41. The smallest absolute Gasteiger partial charge is 0.246 e. The van der Waals surface area contributed by atoms with Crippen molar-refractivity contribution in [2.24, 2.45) is 5.41 Å². The van der Waals surface area contributed by atoms with Crippen LogP contribution in [-0.2, 0) is 20.9 Å². The number of aromatic nitrogens is 1. The number of aliphatic hydroxyl groups excluding tert-OH is 1.